The summed E-state index contributed by atoms with van der Waals surface area (Å²) in [6.07, 6.45) is 2.05. The number of anilines is 1. The van der Waals surface area contributed by atoms with Crippen LogP contribution in [0.25, 0.3) is 11.3 Å². The number of fused-ring (bicyclic) bond motifs is 1. The molecule has 1 aromatic heterocycles. The summed E-state index contributed by atoms with van der Waals surface area (Å²) in [6, 6.07) is 5.72. The molecule has 1 aliphatic rings. The van der Waals surface area contributed by atoms with E-state index in [0.717, 1.165) is 17.7 Å². The minimum atomic E-state index is -0.439. The van der Waals surface area contributed by atoms with Gasteiger partial charge in [0.25, 0.3) is 0 Å². The predicted octanol–water partition coefficient (Wildman–Crippen LogP) is 2.65. The van der Waals surface area contributed by atoms with Crippen LogP contribution >= 0.6 is 0 Å². The second kappa shape index (κ2) is 4.84. The van der Waals surface area contributed by atoms with Crippen LogP contribution in [0.15, 0.2) is 24.4 Å². The fourth-order valence-corrected chi connectivity index (χ4v) is 2.20. The Morgan fingerprint density at radius 2 is 2.32 bits per heavy atom. The first kappa shape index (κ1) is 11.9. The van der Waals surface area contributed by atoms with Crippen LogP contribution in [0.1, 0.15) is 12.5 Å². The van der Waals surface area contributed by atoms with Gasteiger partial charge in [-0.3, -0.25) is 0 Å². The smallest absolute Gasteiger partial charge is 0.223 e. The lowest BCUT2D eigenvalue weighted by atomic mass is 10.1. The van der Waals surface area contributed by atoms with Crippen LogP contribution in [0.3, 0.4) is 0 Å². The standard InChI is InChI=1S/C14H14FN3O/c1-2-16-14-17-8-11(15)12(18-14)10-5-3-4-9-6-7-19-13(9)10/h3-5,8H,2,6-7H2,1H3,(H,16,17,18). The third-order valence-corrected chi connectivity index (χ3v) is 3.05. The minimum absolute atomic E-state index is 0.282. The highest BCUT2D eigenvalue weighted by molar-refractivity contribution is 5.71. The van der Waals surface area contributed by atoms with E-state index in [1.807, 2.05) is 25.1 Å². The van der Waals surface area contributed by atoms with Crippen molar-refractivity contribution >= 4 is 5.95 Å². The van der Waals surface area contributed by atoms with Gasteiger partial charge in [0.15, 0.2) is 5.82 Å². The summed E-state index contributed by atoms with van der Waals surface area (Å²) >= 11 is 0. The maximum Gasteiger partial charge on any atom is 0.223 e. The summed E-state index contributed by atoms with van der Waals surface area (Å²) in [7, 11) is 0. The fourth-order valence-electron chi connectivity index (χ4n) is 2.20. The SMILES string of the molecule is CCNc1ncc(F)c(-c2cccc3c2OCC3)n1. The van der Waals surface area contributed by atoms with Gasteiger partial charge in [-0.05, 0) is 18.6 Å². The van der Waals surface area contributed by atoms with E-state index in [1.54, 1.807) is 0 Å². The summed E-state index contributed by atoms with van der Waals surface area (Å²) in [5, 5.41) is 2.98. The minimum Gasteiger partial charge on any atom is -0.492 e. The van der Waals surface area contributed by atoms with E-state index in [9.17, 15) is 4.39 Å². The van der Waals surface area contributed by atoms with Crippen LogP contribution in [0.2, 0.25) is 0 Å². The normalized spacial score (nSPS) is 12.9. The molecule has 0 radical (unpaired) electrons. The topological polar surface area (TPSA) is 47.0 Å². The monoisotopic (exact) mass is 259 g/mol. The lowest BCUT2D eigenvalue weighted by Gasteiger charge is -2.09. The molecule has 3 rings (SSSR count). The Balaban J connectivity index is 2.11. The van der Waals surface area contributed by atoms with Crippen molar-refractivity contribution in [2.24, 2.45) is 0 Å². The van der Waals surface area contributed by atoms with E-state index in [-0.39, 0.29) is 5.69 Å². The Morgan fingerprint density at radius 3 is 3.16 bits per heavy atom. The second-order valence-electron chi connectivity index (χ2n) is 4.31. The average molecular weight is 259 g/mol. The van der Waals surface area contributed by atoms with Gasteiger partial charge in [0.2, 0.25) is 5.95 Å². The second-order valence-corrected chi connectivity index (χ2v) is 4.31. The van der Waals surface area contributed by atoms with E-state index in [0.29, 0.717) is 24.7 Å². The molecule has 2 aromatic rings. The maximum atomic E-state index is 14.0. The number of nitrogens with zero attached hydrogens (tertiary/aromatic N) is 2. The van der Waals surface area contributed by atoms with Crippen molar-refractivity contribution in [2.45, 2.75) is 13.3 Å². The van der Waals surface area contributed by atoms with Crippen LogP contribution in [0.5, 0.6) is 5.75 Å². The van der Waals surface area contributed by atoms with Crippen molar-refractivity contribution in [1.82, 2.24) is 9.97 Å². The van der Waals surface area contributed by atoms with E-state index in [1.165, 1.54) is 6.20 Å². The summed E-state index contributed by atoms with van der Waals surface area (Å²) in [5.74, 6) is 0.725. The summed E-state index contributed by atoms with van der Waals surface area (Å²) < 4.78 is 19.5. The van der Waals surface area contributed by atoms with Crippen molar-refractivity contribution in [3.8, 4) is 17.0 Å². The van der Waals surface area contributed by atoms with Crippen molar-refractivity contribution in [3.63, 3.8) is 0 Å². The molecule has 19 heavy (non-hydrogen) atoms. The van der Waals surface area contributed by atoms with Crippen LogP contribution in [-0.4, -0.2) is 23.1 Å². The summed E-state index contributed by atoms with van der Waals surface area (Å²) in [5.41, 5.74) is 2.07. The van der Waals surface area contributed by atoms with Gasteiger partial charge in [0.1, 0.15) is 11.4 Å². The van der Waals surface area contributed by atoms with Crippen LogP contribution in [-0.2, 0) is 6.42 Å². The predicted molar refractivity (Wildman–Crippen MR) is 70.8 cm³/mol. The zero-order chi connectivity index (χ0) is 13.2. The summed E-state index contributed by atoms with van der Waals surface area (Å²) in [4.78, 5) is 8.14. The number of hydrogen-bond donors (Lipinski definition) is 1. The maximum absolute atomic E-state index is 14.0. The number of hydrogen-bond acceptors (Lipinski definition) is 4. The van der Waals surface area contributed by atoms with Crippen molar-refractivity contribution in [1.29, 1.82) is 0 Å². The van der Waals surface area contributed by atoms with Gasteiger partial charge in [-0.15, -0.1) is 0 Å². The molecule has 0 atom stereocenters. The van der Waals surface area contributed by atoms with Crippen LogP contribution < -0.4 is 10.1 Å². The molecule has 0 aliphatic carbocycles. The van der Waals surface area contributed by atoms with Gasteiger partial charge in [-0.1, -0.05) is 12.1 Å². The Kier molecular flexibility index (Phi) is 3.03. The number of rotatable bonds is 3. The molecular weight excluding hydrogens is 245 g/mol. The number of para-hydroxylation sites is 1. The molecule has 0 amide bonds. The van der Waals surface area contributed by atoms with Crippen molar-refractivity contribution < 1.29 is 9.13 Å². The average Bonchev–Trinajstić information content (AvgIpc) is 2.89. The molecule has 0 saturated heterocycles. The fraction of sp³-hybridized carbons (Fsp3) is 0.286. The highest BCUT2D eigenvalue weighted by atomic mass is 19.1. The Morgan fingerprint density at radius 1 is 1.42 bits per heavy atom. The molecule has 0 bridgehead atoms. The van der Waals surface area contributed by atoms with Crippen LogP contribution in [0, 0.1) is 5.82 Å². The Hall–Kier alpha value is -2.17. The first-order valence-corrected chi connectivity index (χ1v) is 6.31. The van der Waals surface area contributed by atoms with Gasteiger partial charge in [0, 0.05) is 18.5 Å². The molecule has 2 heterocycles. The van der Waals surface area contributed by atoms with E-state index >= 15 is 0 Å². The molecule has 0 unspecified atom stereocenters. The molecular formula is C14H14FN3O. The van der Waals surface area contributed by atoms with E-state index in [4.69, 9.17) is 4.74 Å². The molecule has 4 nitrogen and oxygen atoms in total. The number of halogens is 1. The number of nitrogens with one attached hydrogen (secondary N) is 1. The molecule has 1 N–H and O–H groups in total. The number of aromatic nitrogens is 2. The van der Waals surface area contributed by atoms with Crippen LogP contribution in [0.4, 0.5) is 10.3 Å². The lowest BCUT2D eigenvalue weighted by Crippen LogP contribution is -2.04. The molecule has 1 aliphatic heterocycles. The third kappa shape index (κ3) is 2.12. The highest BCUT2D eigenvalue weighted by Gasteiger charge is 2.20. The lowest BCUT2D eigenvalue weighted by molar-refractivity contribution is 0.357. The van der Waals surface area contributed by atoms with Gasteiger partial charge < -0.3 is 10.1 Å². The van der Waals surface area contributed by atoms with Crippen molar-refractivity contribution in [2.75, 3.05) is 18.5 Å². The van der Waals surface area contributed by atoms with Gasteiger partial charge in [0.05, 0.1) is 12.8 Å². The molecule has 0 saturated carbocycles. The first-order chi connectivity index (χ1) is 9.29. The molecule has 1 aromatic carbocycles. The number of benzene rings is 1. The first-order valence-electron chi connectivity index (χ1n) is 6.31. The van der Waals surface area contributed by atoms with E-state index in [2.05, 4.69) is 15.3 Å². The molecule has 98 valence electrons. The zero-order valence-electron chi connectivity index (χ0n) is 10.6. The highest BCUT2D eigenvalue weighted by Crippen LogP contribution is 2.36. The third-order valence-electron chi connectivity index (χ3n) is 3.05. The molecule has 0 fully saturated rings. The summed E-state index contributed by atoms with van der Waals surface area (Å²) in [6.45, 7) is 3.27. The van der Waals surface area contributed by atoms with Crippen molar-refractivity contribution in [3.05, 3.63) is 35.8 Å². The quantitative estimate of drug-likeness (QED) is 0.920. The largest absolute Gasteiger partial charge is 0.492 e. The molecule has 0 spiro atoms. The van der Waals surface area contributed by atoms with Gasteiger partial charge >= 0.3 is 0 Å². The van der Waals surface area contributed by atoms with Gasteiger partial charge in [-0.25, -0.2) is 14.4 Å². The Bertz CT molecular complexity index is 616. The van der Waals surface area contributed by atoms with Gasteiger partial charge in [-0.2, -0.15) is 0 Å². The zero-order valence-corrected chi connectivity index (χ0v) is 10.6. The van der Waals surface area contributed by atoms with E-state index < -0.39 is 5.82 Å². The Labute approximate surface area is 110 Å². The number of ether oxygens (including phenoxy) is 1. The molecule has 5 heteroatoms.